The van der Waals surface area contributed by atoms with E-state index in [1.165, 1.54) is 0 Å². The van der Waals surface area contributed by atoms with Crippen LogP contribution in [0.1, 0.15) is 5.56 Å². The Hall–Kier alpha value is -3.02. The van der Waals surface area contributed by atoms with Crippen LogP contribution in [0.25, 0.3) is 11.1 Å². The Morgan fingerprint density at radius 1 is 0.750 bits per heavy atom. The maximum atomic E-state index is 9.23. The summed E-state index contributed by atoms with van der Waals surface area (Å²) in [5, 5.41) is 27.0. The summed E-state index contributed by atoms with van der Waals surface area (Å²) in [6, 6.07) is 23.8. The maximum absolute atomic E-state index is 9.23. The number of rotatable bonds is 8. The van der Waals surface area contributed by atoms with E-state index < -0.39 is 0 Å². The summed E-state index contributed by atoms with van der Waals surface area (Å²) in [5.41, 5.74) is 6.02. The highest BCUT2D eigenvalue weighted by atomic mass is 16.3. The molecule has 0 bridgehead atoms. The molecule has 0 unspecified atom stereocenters. The minimum absolute atomic E-state index is 0.0554. The molecular formula is C23H25N3O2. The number of anilines is 1. The van der Waals surface area contributed by atoms with Crippen molar-refractivity contribution in [2.75, 3.05) is 31.2 Å². The second-order valence-corrected chi connectivity index (χ2v) is 6.52. The molecule has 0 saturated carbocycles. The van der Waals surface area contributed by atoms with E-state index in [-0.39, 0.29) is 13.2 Å². The number of aliphatic hydroxyl groups is 2. The number of aliphatic hydroxyl groups excluding tert-OH is 2. The van der Waals surface area contributed by atoms with Crippen LogP contribution in [0, 0.1) is 6.92 Å². The molecule has 5 nitrogen and oxygen atoms in total. The molecule has 5 heteroatoms. The molecule has 3 aromatic rings. The van der Waals surface area contributed by atoms with Gasteiger partial charge in [0.2, 0.25) is 0 Å². The van der Waals surface area contributed by atoms with Crippen molar-refractivity contribution >= 4 is 17.1 Å². The van der Waals surface area contributed by atoms with Gasteiger partial charge in [0.15, 0.2) is 0 Å². The van der Waals surface area contributed by atoms with Crippen LogP contribution < -0.4 is 4.90 Å². The van der Waals surface area contributed by atoms with Gasteiger partial charge in [-0.1, -0.05) is 36.4 Å². The molecule has 0 fully saturated rings. The van der Waals surface area contributed by atoms with Crippen molar-refractivity contribution in [2.45, 2.75) is 6.92 Å². The monoisotopic (exact) mass is 375 g/mol. The zero-order chi connectivity index (χ0) is 19.8. The summed E-state index contributed by atoms with van der Waals surface area (Å²) in [5.74, 6) is 0. The Bertz CT molecular complexity index is 903. The van der Waals surface area contributed by atoms with Crippen LogP contribution in [0.3, 0.4) is 0 Å². The normalized spacial score (nSPS) is 11.1. The van der Waals surface area contributed by atoms with Gasteiger partial charge in [-0.3, -0.25) is 0 Å². The highest BCUT2D eigenvalue weighted by Crippen LogP contribution is 2.29. The minimum Gasteiger partial charge on any atom is -0.395 e. The van der Waals surface area contributed by atoms with E-state index in [1.807, 2.05) is 65.6 Å². The number of hydrogen-bond acceptors (Lipinski definition) is 5. The van der Waals surface area contributed by atoms with Gasteiger partial charge in [0.1, 0.15) is 0 Å². The molecule has 3 rings (SSSR count). The van der Waals surface area contributed by atoms with E-state index >= 15 is 0 Å². The zero-order valence-corrected chi connectivity index (χ0v) is 16.0. The largest absolute Gasteiger partial charge is 0.395 e. The third kappa shape index (κ3) is 5.03. The molecule has 0 atom stereocenters. The van der Waals surface area contributed by atoms with E-state index in [1.54, 1.807) is 0 Å². The van der Waals surface area contributed by atoms with Crippen molar-refractivity contribution in [2.24, 2.45) is 10.2 Å². The number of hydrogen-bond donors (Lipinski definition) is 2. The number of benzene rings is 3. The molecule has 0 radical (unpaired) electrons. The number of azo groups is 1. The molecule has 0 aliphatic heterocycles. The summed E-state index contributed by atoms with van der Waals surface area (Å²) in [6.45, 7) is 3.18. The van der Waals surface area contributed by atoms with Gasteiger partial charge in [-0.2, -0.15) is 10.2 Å². The molecule has 0 aliphatic rings. The lowest BCUT2D eigenvalue weighted by atomic mass is 9.99. The van der Waals surface area contributed by atoms with Crippen LogP contribution in [-0.4, -0.2) is 36.5 Å². The second kappa shape index (κ2) is 9.78. The van der Waals surface area contributed by atoms with Gasteiger partial charge in [0, 0.05) is 18.8 Å². The van der Waals surface area contributed by atoms with Gasteiger partial charge in [-0.05, 0) is 60.0 Å². The first-order chi connectivity index (χ1) is 13.7. The molecule has 144 valence electrons. The lowest BCUT2D eigenvalue weighted by molar-refractivity contribution is 0.281. The second-order valence-electron chi connectivity index (χ2n) is 6.52. The summed E-state index contributed by atoms with van der Waals surface area (Å²) in [4.78, 5) is 1.98. The number of aryl methyl sites for hydroxylation is 1. The summed E-state index contributed by atoms with van der Waals surface area (Å²) >= 11 is 0. The molecule has 2 N–H and O–H groups in total. The van der Waals surface area contributed by atoms with Crippen molar-refractivity contribution in [3.63, 3.8) is 0 Å². The summed E-state index contributed by atoms with van der Waals surface area (Å²) < 4.78 is 0. The zero-order valence-electron chi connectivity index (χ0n) is 16.0. The predicted molar refractivity (Wildman–Crippen MR) is 114 cm³/mol. The first kappa shape index (κ1) is 19.7. The Balaban J connectivity index is 1.77. The third-order valence-electron chi connectivity index (χ3n) is 4.53. The van der Waals surface area contributed by atoms with Crippen LogP contribution in [0.15, 0.2) is 83.0 Å². The molecule has 28 heavy (non-hydrogen) atoms. The van der Waals surface area contributed by atoms with Crippen LogP contribution in [-0.2, 0) is 0 Å². The topological polar surface area (TPSA) is 68.4 Å². The predicted octanol–water partition coefficient (Wildman–Crippen LogP) is 4.87. The molecule has 0 amide bonds. The van der Waals surface area contributed by atoms with E-state index in [0.717, 1.165) is 33.8 Å². The van der Waals surface area contributed by atoms with E-state index in [9.17, 15) is 10.2 Å². The smallest absolute Gasteiger partial charge is 0.0857 e. The van der Waals surface area contributed by atoms with Crippen molar-refractivity contribution in [1.82, 2.24) is 0 Å². The Morgan fingerprint density at radius 3 is 1.93 bits per heavy atom. The van der Waals surface area contributed by atoms with E-state index in [4.69, 9.17) is 0 Å². The van der Waals surface area contributed by atoms with Crippen molar-refractivity contribution in [3.8, 4) is 11.1 Å². The summed E-state index contributed by atoms with van der Waals surface area (Å²) in [7, 11) is 0. The molecular weight excluding hydrogens is 350 g/mol. The van der Waals surface area contributed by atoms with Gasteiger partial charge < -0.3 is 15.1 Å². The van der Waals surface area contributed by atoms with Crippen molar-refractivity contribution in [1.29, 1.82) is 0 Å². The van der Waals surface area contributed by atoms with Gasteiger partial charge in [0.05, 0.1) is 24.6 Å². The molecule has 0 spiro atoms. The van der Waals surface area contributed by atoms with Crippen molar-refractivity contribution < 1.29 is 10.2 Å². The average molecular weight is 375 g/mol. The first-order valence-corrected chi connectivity index (χ1v) is 9.36. The minimum atomic E-state index is 0.0554. The first-order valence-electron chi connectivity index (χ1n) is 9.36. The number of nitrogens with zero attached hydrogens (tertiary/aromatic N) is 3. The summed E-state index contributed by atoms with van der Waals surface area (Å²) in [6.07, 6.45) is 0. The van der Waals surface area contributed by atoms with E-state index in [2.05, 4.69) is 29.3 Å². The molecule has 3 aromatic carbocycles. The molecule has 0 aliphatic carbocycles. The molecule has 0 heterocycles. The quantitative estimate of drug-likeness (QED) is 0.552. The lowest BCUT2D eigenvalue weighted by Crippen LogP contribution is -2.29. The molecule has 0 saturated heterocycles. The van der Waals surface area contributed by atoms with Crippen LogP contribution in [0.2, 0.25) is 0 Å². The fourth-order valence-corrected chi connectivity index (χ4v) is 3.10. The lowest BCUT2D eigenvalue weighted by Gasteiger charge is -2.24. The average Bonchev–Trinajstić information content (AvgIpc) is 2.73. The van der Waals surface area contributed by atoms with Crippen LogP contribution in [0.4, 0.5) is 17.1 Å². The highest BCUT2D eigenvalue weighted by Gasteiger charge is 2.09. The highest BCUT2D eigenvalue weighted by molar-refractivity contribution is 5.71. The fraction of sp³-hybridized carbons (Fsp3) is 0.217. The van der Waals surface area contributed by atoms with Crippen molar-refractivity contribution in [3.05, 3.63) is 78.4 Å². The fourth-order valence-electron chi connectivity index (χ4n) is 3.10. The standard InChI is InChI=1S/C23H25N3O2/c1-18-17-22(26(13-15-27)14-16-28)11-12-23(18)19-7-9-21(10-8-19)25-24-20-5-3-2-4-6-20/h2-12,17,27-28H,13-16H2,1H3. The van der Waals surface area contributed by atoms with Crippen LogP contribution >= 0.6 is 0 Å². The SMILES string of the molecule is Cc1cc(N(CCO)CCO)ccc1-c1ccc(N=Nc2ccccc2)cc1. The van der Waals surface area contributed by atoms with Gasteiger partial charge in [0.25, 0.3) is 0 Å². The van der Waals surface area contributed by atoms with Gasteiger partial charge >= 0.3 is 0 Å². The Labute approximate surface area is 165 Å². The molecule has 0 aromatic heterocycles. The maximum Gasteiger partial charge on any atom is 0.0857 e. The van der Waals surface area contributed by atoms with E-state index in [0.29, 0.717) is 13.1 Å². The third-order valence-corrected chi connectivity index (χ3v) is 4.53. The Kier molecular flexibility index (Phi) is 6.89. The Morgan fingerprint density at radius 2 is 1.36 bits per heavy atom. The van der Waals surface area contributed by atoms with Gasteiger partial charge in [-0.25, -0.2) is 0 Å². The van der Waals surface area contributed by atoms with Crippen LogP contribution in [0.5, 0.6) is 0 Å². The van der Waals surface area contributed by atoms with Gasteiger partial charge in [-0.15, -0.1) is 0 Å².